The Bertz CT molecular complexity index is 62.2. The Balaban J connectivity index is 2.08. The lowest BCUT2D eigenvalue weighted by Crippen LogP contribution is -2.18. The summed E-state index contributed by atoms with van der Waals surface area (Å²) in [5.74, 6) is 0. The van der Waals surface area contributed by atoms with Crippen molar-refractivity contribution in [3.63, 3.8) is 0 Å². The fourth-order valence-electron chi connectivity index (χ4n) is 1.26. The van der Waals surface area contributed by atoms with Crippen LogP contribution in [0.2, 0.25) is 0 Å². The van der Waals surface area contributed by atoms with Gasteiger partial charge in [0.1, 0.15) is 0 Å². The Hall–Kier alpha value is -0.0400. The monoisotopic (exact) mass is 127 g/mol. The topological polar surface area (TPSA) is 9.23 Å². The minimum absolute atomic E-state index is 0.538. The molecule has 1 unspecified atom stereocenters. The van der Waals surface area contributed by atoms with Gasteiger partial charge in [0.2, 0.25) is 0 Å². The maximum atomic E-state index is 5.48. The predicted molar refractivity (Wildman–Crippen MR) is 38.2 cm³/mol. The van der Waals surface area contributed by atoms with Crippen molar-refractivity contribution in [1.29, 1.82) is 0 Å². The van der Waals surface area contributed by atoms with E-state index in [2.05, 4.69) is 6.92 Å². The van der Waals surface area contributed by atoms with Crippen LogP contribution in [-0.4, -0.2) is 12.7 Å². The van der Waals surface area contributed by atoms with Crippen LogP contribution < -0.4 is 0 Å². The Morgan fingerprint density at radius 1 is 1.44 bits per heavy atom. The van der Waals surface area contributed by atoms with Crippen molar-refractivity contribution < 1.29 is 4.74 Å². The minimum atomic E-state index is 0.538. The summed E-state index contributed by atoms with van der Waals surface area (Å²) in [5, 5.41) is 0. The Kier molecular flexibility index (Phi) is 3.05. The maximum Gasteiger partial charge on any atom is 0.0575 e. The van der Waals surface area contributed by atoms with E-state index in [0.29, 0.717) is 6.10 Å². The zero-order chi connectivity index (χ0) is 6.53. The van der Waals surface area contributed by atoms with Gasteiger partial charge in [-0.3, -0.25) is 0 Å². The lowest BCUT2D eigenvalue weighted by Gasteiger charge is -2.21. The Morgan fingerprint density at radius 3 is 2.89 bits per heavy atom. The summed E-state index contributed by atoms with van der Waals surface area (Å²) >= 11 is 0. The molecular formula is C8H15O. The molecule has 1 heterocycles. The molecule has 1 radical (unpaired) electrons. The van der Waals surface area contributed by atoms with Gasteiger partial charge in [-0.25, -0.2) is 0 Å². The van der Waals surface area contributed by atoms with E-state index < -0.39 is 0 Å². The maximum absolute atomic E-state index is 5.48. The van der Waals surface area contributed by atoms with Crippen LogP contribution >= 0.6 is 0 Å². The molecule has 0 amide bonds. The quantitative estimate of drug-likeness (QED) is 0.552. The highest BCUT2D eigenvalue weighted by atomic mass is 16.5. The molecule has 0 aromatic carbocycles. The van der Waals surface area contributed by atoms with Gasteiger partial charge in [0.05, 0.1) is 6.10 Å². The van der Waals surface area contributed by atoms with E-state index in [1.807, 2.05) is 0 Å². The van der Waals surface area contributed by atoms with Crippen LogP contribution in [0.5, 0.6) is 0 Å². The summed E-state index contributed by atoms with van der Waals surface area (Å²) in [7, 11) is 0. The van der Waals surface area contributed by atoms with Gasteiger partial charge in [-0.05, 0) is 25.7 Å². The minimum Gasteiger partial charge on any atom is -0.378 e. The van der Waals surface area contributed by atoms with Gasteiger partial charge < -0.3 is 4.74 Å². The molecule has 1 aliphatic rings. The van der Waals surface area contributed by atoms with Gasteiger partial charge in [-0.15, -0.1) is 0 Å². The van der Waals surface area contributed by atoms with Gasteiger partial charge in [-0.1, -0.05) is 13.3 Å². The number of ether oxygens (including phenoxy) is 1. The van der Waals surface area contributed by atoms with E-state index >= 15 is 0 Å². The first-order chi connectivity index (χ1) is 4.43. The zero-order valence-corrected chi connectivity index (χ0v) is 5.94. The zero-order valence-electron chi connectivity index (χ0n) is 5.94. The normalized spacial score (nSPS) is 28.3. The van der Waals surface area contributed by atoms with E-state index in [1.54, 1.807) is 0 Å². The fraction of sp³-hybridized carbons (Fsp3) is 0.875. The summed E-state index contributed by atoms with van der Waals surface area (Å²) in [6, 6.07) is 0. The average molecular weight is 127 g/mol. The highest BCUT2D eigenvalue weighted by Crippen LogP contribution is 2.16. The first-order valence-electron chi connectivity index (χ1n) is 3.84. The molecule has 0 aliphatic carbocycles. The molecule has 0 N–H and O–H groups in total. The summed E-state index contributed by atoms with van der Waals surface area (Å²) in [6.45, 7) is 4.78. The van der Waals surface area contributed by atoms with Crippen LogP contribution in [-0.2, 0) is 4.74 Å². The second-order valence-corrected chi connectivity index (χ2v) is 2.63. The second-order valence-electron chi connectivity index (χ2n) is 2.63. The summed E-state index contributed by atoms with van der Waals surface area (Å²) in [4.78, 5) is 0. The molecule has 0 saturated carbocycles. The molecule has 1 rings (SSSR count). The fourth-order valence-corrected chi connectivity index (χ4v) is 1.26. The predicted octanol–water partition coefficient (Wildman–Crippen LogP) is 2.17. The smallest absolute Gasteiger partial charge is 0.0575 e. The highest BCUT2D eigenvalue weighted by molar-refractivity contribution is 4.63. The Morgan fingerprint density at radius 2 is 2.33 bits per heavy atom. The van der Waals surface area contributed by atoms with E-state index in [4.69, 9.17) is 4.74 Å². The van der Waals surface area contributed by atoms with Crippen LogP contribution in [0.15, 0.2) is 0 Å². The van der Waals surface area contributed by atoms with Crippen molar-refractivity contribution >= 4 is 0 Å². The van der Waals surface area contributed by atoms with Gasteiger partial charge in [0.25, 0.3) is 0 Å². The third kappa shape index (κ3) is 2.35. The van der Waals surface area contributed by atoms with Crippen molar-refractivity contribution in [2.75, 3.05) is 6.61 Å². The largest absolute Gasteiger partial charge is 0.378 e. The van der Waals surface area contributed by atoms with Crippen molar-refractivity contribution in [1.82, 2.24) is 0 Å². The summed E-state index contributed by atoms with van der Waals surface area (Å²) < 4.78 is 5.48. The lowest BCUT2D eigenvalue weighted by molar-refractivity contribution is 0.0118. The average Bonchev–Trinajstić information content (AvgIpc) is 1.91. The second kappa shape index (κ2) is 3.89. The molecule has 9 heavy (non-hydrogen) atoms. The van der Waals surface area contributed by atoms with E-state index in [0.717, 1.165) is 19.4 Å². The summed E-state index contributed by atoms with van der Waals surface area (Å²) in [6.07, 6.45) is 6.58. The molecule has 1 heteroatoms. The van der Waals surface area contributed by atoms with E-state index in [-0.39, 0.29) is 0 Å². The third-order valence-electron chi connectivity index (χ3n) is 1.80. The van der Waals surface area contributed by atoms with Gasteiger partial charge in [0.15, 0.2) is 0 Å². The number of hydrogen-bond donors (Lipinski definition) is 0. The Labute approximate surface area is 57.4 Å². The molecule has 0 aromatic rings. The van der Waals surface area contributed by atoms with Crippen LogP contribution in [0.4, 0.5) is 0 Å². The highest BCUT2D eigenvalue weighted by Gasteiger charge is 2.11. The van der Waals surface area contributed by atoms with Crippen molar-refractivity contribution in [3.8, 4) is 0 Å². The van der Waals surface area contributed by atoms with Crippen LogP contribution in [0, 0.1) is 6.92 Å². The molecule has 1 nitrogen and oxygen atoms in total. The van der Waals surface area contributed by atoms with Crippen LogP contribution in [0.1, 0.15) is 32.1 Å². The number of hydrogen-bond acceptors (Lipinski definition) is 1. The summed E-state index contributed by atoms with van der Waals surface area (Å²) in [5.41, 5.74) is 0. The molecular weight excluding hydrogens is 112 g/mol. The molecule has 0 bridgehead atoms. The van der Waals surface area contributed by atoms with Crippen LogP contribution in [0.3, 0.4) is 0 Å². The standard InChI is InChI=1S/C8H15O/c1-2-5-8-6-3-4-7-9-8/h8H,1-7H2. The first-order valence-corrected chi connectivity index (χ1v) is 3.84. The van der Waals surface area contributed by atoms with E-state index in [1.165, 1.54) is 19.3 Å². The molecule has 0 spiro atoms. The van der Waals surface area contributed by atoms with Crippen molar-refractivity contribution in [3.05, 3.63) is 6.92 Å². The van der Waals surface area contributed by atoms with Gasteiger partial charge in [-0.2, -0.15) is 0 Å². The van der Waals surface area contributed by atoms with Crippen molar-refractivity contribution in [2.45, 2.75) is 38.2 Å². The SMILES string of the molecule is [CH2]CCC1CCCCO1. The van der Waals surface area contributed by atoms with Gasteiger partial charge in [0, 0.05) is 6.61 Å². The molecule has 1 saturated heterocycles. The van der Waals surface area contributed by atoms with E-state index in [9.17, 15) is 0 Å². The third-order valence-corrected chi connectivity index (χ3v) is 1.80. The molecule has 1 fully saturated rings. The first kappa shape index (κ1) is 7.07. The molecule has 53 valence electrons. The van der Waals surface area contributed by atoms with Crippen molar-refractivity contribution in [2.24, 2.45) is 0 Å². The molecule has 0 aromatic heterocycles. The van der Waals surface area contributed by atoms with Gasteiger partial charge >= 0.3 is 0 Å². The molecule has 1 atom stereocenters. The lowest BCUT2D eigenvalue weighted by atomic mass is 10.1. The molecule has 1 aliphatic heterocycles. The van der Waals surface area contributed by atoms with Crippen LogP contribution in [0.25, 0.3) is 0 Å². The number of rotatable bonds is 2.